The van der Waals surface area contributed by atoms with Gasteiger partial charge in [0.1, 0.15) is 13.2 Å². The number of carbonyl (C=O) groups is 4. The predicted molar refractivity (Wildman–Crippen MR) is 135 cm³/mol. The normalized spacial score (nSPS) is 38.3. The van der Waals surface area contributed by atoms with Gasteiger partial charge in [0.15, 0.2) is 0 Å². The molecule has 0 radical (unpaired) electrons. The maximum absolute atomic E-state index is 11.8. The van der Waals surface area contributed by atoms with Crippen LogP contribution in [0.3, 0.4) is 0 Å². The summed E-state index contributed by atoms with van der Waals surface area (Å²) in [5.41, 5.74) is 0. The molecule has 8 rings (SSSR count). The standard InChI is InChI=1S/2C14H21NO4.Mg/c2*16-12(6-19-7-13(17)18)15-14-10-2-8-1-9(4-10)5-11(14)3-8;/h2*8-11,14H,1-7H2,(H,15,16)(H,17,18);/q;;+2/p-2. The first-order chi connectivity index (χ1) is 18.2. The van der Waals surface area contributed by atoms with Gasteiger partial charge in [-0.05, 0) is 112 Å². The van der Waals surface area contributed by atoms with Crippen LogP contribution in [0.15, 0.2) is 0 Å². The van der Waals surface area contributed by atoms with E-state index < -0.39 is 25.2 Å². The number of rotatable bonds is 10. The summed E-state index contributed by atoms with van der Waals surface area (Å²) < 4.78 is 9.55. The number of hydrogen-bond acceptors (Lipinski definition) is 8. The number of aliphatic carboxylic acids is 2. The molecule has 2 N–H and O–H groups in total. The SMILES string of the molecule is O=C([O-])COCC(=O)NC1C2CC3CC(C2)CC1C3.O=C([O-])COCC(=O)NC1C2CC3CC(C2)CC1C3.[Mg+2]. The molecule has 0 aromatic rings. The van der Waals surface area contributed by atoms with Crippen LogP contribution in [0, 0.1) is 47.3 Å². The van der Waals surface area contributed by atoms with Crippen LogP contribution < -0.4 is 20.8 Å². The molecule has 0 unspecified atom stereocenters. The van der Waals surface area contributed by atoms with E-state index in [0.717, 1.165) is 23.7 Å². The van der Waals surface area contributed by atoms with Crippen LogP contribution in [0.1, 0.15) is 64.2 Å². The van der Waals surface area contributed by atoms with Crippen molar-refractivity contribution in [2.45, 2.75) is 76.3 Å². The van der Waals surface area contributed by atoms with E-state index in [2.05, 4.69) is 10.6 Å². The fourth-order valence-corrected chi connectivity index (χ4v) is 9.23. The van der Waals surface area contributed by atoms with Crippen molar-refractivity contribution < 1.29 is 38.9 Å². The quantitative estimate of drug-likeness (QED) is 0.325. The Bertz CT molecular complexity index is 786. The van der Waals surface area contributed by atoms with E-state index in [0.29, 0.717) is 23.7 Å². The number of carbonyl (C=O) groups excluding carboxylic acids is 4. The zero-order chi connectivity index (χ0) is 26.8. The molecule has 0 heterocycles. The minimum absolute atomic E-state index is 0. The van der Waals surface area contributed by atoms with Crippen molar-refractivity contribution in [1.82, 2.24) is 10.6 Å². The molecule has 0 atom stereocenters. The molecule has 8 aliphatic carbocycles. The molecular formula is C28H40MgN2O8. The van der Waals surface area contributed by atoms with Crippen LogP contribution in [0.25, 0.3) is 0 Å². The Hall–Kier alpha value is -1.43. The van der Waals surface area contributed by atoms with E-state index in [4.69, 9.17) is 9.47 Å². The Morgan fingerprint density at radius 1 is 0.513 bits per heavy atom. The van der Waals surface area contributed by atoms with Gasteiger partial charge in [-0.25, -0.2) is 0 Å². The van der Waals surface area contributed by atoms with Gasteiger partial charge in [-0.15, -0.1) is 0 Å². The largest absolute Gasteiger partial charge is 2.00 e. The third-order valence-corrected chi connectivity index (χ3v) is 10.0. The summed E-state index contributed by atoms with van der Waals surface area (Å²) in [5, 5.41) is 26.5. The third kappa shape index (κ3) is 7.86. The fraction of sp³-hybridized carbons (Fsp3) is 0.857. The second-order valence-electron chi connectivity index (χ2n) is 12.8. The van der Waals surface area contributed by atoms with Gasteiger partial charge in [0.05, 0.1) is 25.2 Å². The monoisotopic (exact) mass is 556 g/mol. The van der Waals surface area contributed by atoms with Crippen molar-refractivity contribution in [2.75, 3.05) is 26.4 Å². The van der Waals surface area contributed by atoms with Crippen molar-refractivity contribution >= 4 is 46.8 Å². The molecular weight excluding hydrogens is 517 g/mol. The molecule has 11 heteroatoms. The van der Waals surface area contributed by atoms with E-state index in [9.17, 15) is 29.4 Å². The van der Waals surface area contributed by atoms with Crippen LogP contribution in [-0.4, -0.2) is 85.3 Å². The minimum atomic E-state index is -1.29. The number of carboxylic acid groups (broad SMARTS) is 2. The summed E-state index contributed by atoms with van der Waals surface area (Å²) in [7, 11) is 0. The Morgan fingerprint density at radius 2 is 0.795 bits per heavy atom. The number of carboxylic acids is 2. The predicted octanol–water partition coefficient (Wildman–Crippen LogP) is -0.993. The summed E-state index contributed by atoms with van der Waals surface area (Å²) in [6.07, 6.45) is 12.8. The van der Waals surface area contributed by atoms with Gasteiger partial charge in [-0.1, -0.05) is 0 Å². The van der Waals surface area contributed by atoms with Crippen molar-refractivity contribution in [3.8, 4) is 0 Å². The summed E-state index contributed by atoms with van der Waals surface area (Å²) in [5.74, 6) is 3.05. The number of amides is 2. The van der Waals surface area contributed by atoms with E-state index >= 15 is 0 Å². The maximum atomic E-state index is 11.8. The van der Waals surface area contributed by atoms with E-state index in [1.165, 1.54) is 64.2 Å². The van der Waals surface area contributed by atoms with Crippen molar-refractivity contribution in [3.05, 3.63) is 0 Å². The van der Waals surface area contributed by atoms with Crippen LogP contribution in [0.4, 0.5) is 0 Å². The van der Waals surface area contributed by atoms with Crippen LogP contribution in [0.2, 0.25) is 0 Å². The molecule has 8 saturated carbocycles. The molecule has 0 aromatic heterocycles. The first kappa shape index (κ1) is 30.5. The topological polar surface area (TPSA) is 157 Å². The molecule has 2 amide bonds. The summed E-state index contributed by atoms with van der Waals surface area (Å²) in [4.78, 5) is 43.9. The summed E-state index contributed by atoms with van der Waals surface area (Å²) >= 11 is 0. The van der Waals surface area contributed by atoms with Crippen molar-refractivity contribution in [3.63, 3.8) is 0 Å². The molecule has 8 bridgehead atoms. The van der Waals surface area contributed by atoms with E-state index in [-0.39, 0.29) is 60.2 Å². The van der Waals surface area contributed by atoms with E-state index in [1.54, 1.807) is 0 Å². The van der Waals surface area contributed by atoms with Gasteiger partial charge in [0, 0.05) is 12.1 Å². The third-order valence-electron chi connectivity index (χ3n) is 10.0. The first-order valence-electron chi connectivity index (χ1n) is 14.4. The fourth-order valence-electron chi connectivity index (χ4n) is 9.23. The molecule has 8 aliphatic rings. The van der Waals surface area contributed by atoms with Crippen LogP contribution in [0.5, 0.6) is 0 Å². The van der Waals surface area contributed by atoms with Gasteiger partial charge >= 0.3 is 23.1 Å². The molecule has 212 valence electrons. The van der Waals surface area contributed by atoms with E-state index in [1.807, 2.05) is 0 Å². The first-order valence-corrected chi connectivity index (χ1v) is 14.4. The number of nitrogens with one attached hydrogen (secondary N) is 2. The zero-order valence-electron chi connectivity index (χ0n) is 22.6. The molecule has 0 saturated heterocycles. The maximum Gasteiger partial charge on any atom is 2.00 e. The molecule has 39 heavy (non-hydrogen) atoms. The second-order valence-corrected chi connectivity index (χ2v) is 12.8. The Balaban J connectivity index is 0.000000176. The number of ether oxygens (including phenoxy) is 2. The molecule has 0 aliphatic heterocycles. The average Bonchev–Trinajstić information content (AvgIpc) is 2.83. The molecule has 8 fully saturated rings. The Kier molecular flexibility index (Phi) is 10.6. The molecule has 10 nitrogen and oxygen atoms in total. The minimum Gasteiger partial charge on any atom is -0.548 e. The van der Waals surface area contributed by atoms with Crippen LogP contribution >= 0.6 is 0 Å². The summed E-state index contributed by atoms with van der Waals surface area (Å²) in [6.45, 7) is -1.41. The van der Waals surface area contributed by atoms with Crippen molar-refractivity contribution in [1.29, 1.82) is 0 Å². The summed E-state index contributed by atoms with van der Waals surface area (Å²) in [6, 6.07) is 0.568. The van der Waals surface area contributed by atoms with Gasteiger partial charge < -0.3 is 39.9 Å². The zero-order valence-corrected chi connectivity index (χ0v) is 24.1. The Labute approximate surface area is 245 Å². The van der Waals surface area contributed by atoms with Crippen molar-refractivity contribution in [2.24, 2.45) is 47.3 Å². The Morgan fingerprint density at radius 3 is 1.05 bits per heavy atom. The molecule has 0 spiro atoms. The van der Waals surface area contributed by atoms with Gasteiger partial charge in [0.2, 0.25) is 11.8 Å². The van der Waals surface area contributed by atoms with Gasteiger partial charge in [-0.3, -0.25) is 9.59 Å². The average molecular weight is 557 g/mol. The van der Waals surface area contributed by atoms with Gasteiger partial charge in [-0.2, -0.15) is 0 Å². The second kappa shape index (κ2) is 13.5. The number of hydrogen-bond donors (Lipinski definition) is 2. The van der Waals surface area contributed by atoms with Gasteiger partial charge in [0.25, 0.3) is 0 Å². The van der Waals surface area contributed by atoms with Crippen LogP contribution in [-0.2, 0) is 28.7 Å². The molecule has 0 aromatic carbocycles. The smallest absolute Gasteiger partial charge is 0.548 e.